The lowest BCUT2D eigenvalue weighted by Crippen LogP contribution is -2.50. The lowest BCUT2D eigenvalue weighted by molar-refractivity contribution is -0.0739. The van der Waals surface area contributed by atoms with E-state index in [-0.39, 0.29) is 0 Å². The molecule has 3 saturated carbocycles. The van der Waals surface area contributed by atoms with Crippen LogP contribution in [0.4, 0.5) is 0 Å². The topological polar surface area (TPSA) is 18.5 Å². The Morgan fingerprint density at radius 1 is 1.00 bits per heavy atom. The van der Waals surface area contributed by atoms with Crippen molar-refractivity contribution in [3.63, 3.8) is 0 Å². The number of allylic oxidation sites excluding steroid dienone is 2. The molecule has 162 valence electrons. The summed E-state index contributed by atoms with van der Waals surface area (Å²) < 4.78 is 13.0. The van der Waals surface area contributed by atoms with Crippen LogP contribution < -0.4 is 0 Å². The molecule has 0 N–H and O–H groups in total. The molecule has 4 aliphatic carbocycles. The van der Waals surface area contributed by atoms with Crippen LogP contribution in [-0.2, 0) is 9.47 Å². The number of ether oxygens (including phenoxy) is 2. The first-order chi connectivity index (χ1) is 13.9. The average molecular weight is 399 g/mol. The molecule has 0 amide bonds. The number of rotatable bonds is 1. The monoisotopic (exact) mass is 398 g/mol. The summed E-state index contributed by atoms with van der Waals surface area (Å²) in [7, 11) is 0. The van der Waals surface area contributed by atoms with Gasteiger partial charge in [0.05, 0.1) is 18.3 Å². The molecule has 6 rings (SSSR count). The summed E-state index contributed by atoms with van der Waals surface area (Å²) in [5.41, 5.74) is 2.84. The number of fused-ring (bicyclic) bond motifs is 7. The zero-order chi connectivity index (χ0) is 20.0. The highest BCUT2D eigenvalue weighted by Gasteiger charge is 2.65. The molecule has 0 aromatic heterocycles. The molecular weight excluding hydrogens is 356 g/mol. The van der Waals surface area contributed by atoms with Gasteiger partial charge >= 0.3 is 0 Å². The third-order valence-electron chi connectivity index (χ3n) is 11.1. The quantitative estimate of drug-likeness (QED) is 0.476. The van der Waals surface area contributed by atoms with E-state index in [1.54, 1.807) is 0 Å². The second-order valence-electron chi connectivity index (χ2n) is 12.5. The van der Waals surface area contributed by atoms with Gasteiger partial charge in [0.1, 0.15) is 0 Å². The van der Waals surface area contributed by atoms with Crippen molar-refractivity contribution in [3.8, 4) is 0 Å². The summed E-state index contributed by atoms with van der Waals surface area (Å²) in [5, 5.41) is 0. The molecule has 2 heteroatoms. The van der Waals surface area contributed by atoms with Gasteiger partial charge in [-0.3, -0.25) is 0 Å². The van der Waals surface area contributed by atoms with E-state index in [1.165, 1.54) is 57.8 Å². The zero-order valence-electron chi connectivity index (χ0n) is 19.2. The molecule has 0 radical (unpaired) electrons. The lowest BCUT2D eigenvalue weighted by atomic mass is 9.47. The second-order valence-corrected chi connectivity index (χ2v) is 12.5. The molecule has 3 unspecified atom stereocenters. The van der Waals surface area contributed by atoms with Crippen molar-refractivity contribution in [1.29, 1.82) is 0 Å². The van der Waals surface area contributed by atoms with E-state index in [0.717, 1.165) is 30.3 Å². The molecule has 0 aromatic carbocycles. The smallest absolute Gasteiger partial charge is 0.0869 e. The highest BCUT2D eigenvalue weighted by molar-refractivity contribution is 5.25. The Morgan fingerprint density at radius 3 is 2.66 bits per heavy atom. The summed E-state index contributed by atoms with van der Waals surface area (Å²) >= 11 is 0. The predicted molar refractivity (Wildman–Crippen MR) is 117 cm³/mol. The lowest BCUT2D eigenvalue weighted by Gasteiger charge is -2.58. The Hall–Kier alpha value is -0.340. The van der Waals surface area contributed by atoms with Gasteiger partial charge in [-0.25, -0.2) is 0 Å². The Bertz CT molecular complexity index is 699. The fraction of sp³-hybridized carbons (Fsp3) is 0.926. The third-order valence-corrected chi connectivity index (χ3v) is 11.1. The summed E-state index contributed by atoms with van der Waals surface area (Å²) in [6, 6.07) is 0. The maximum atomic E-state index is 6.86. The molecule has 6 aliphatic rings. The number of hydrogen-bond acceptors (Lipinski definition) is 2. The van der Waals surface area contributed by atoms with Gasteiger partial charge in [0.25, 0.3) is 0 Å². The van der Waals surface area contributed by atoms with Gasteiger partial charge in [-0.1, -0.05) is 45.8 Å². The van der Waals surface area contributed by atoms with Crippen LogP contribution in [-0.4, -0.2) is 24.9 Å². The van der Waals surface area contributed by atoms with Gasteiger partial charge < -0.3 is 9.47 Å². The second kappa shape index (κ2) is 6.58. The van der Waals surface area contributed by atoms with E-state index in [9.17, 15) is 0 Å². The maximum absolute atomic E-state index is 6.86. The molecule has 29 heavy (non-hydrogen) atoms. The van der Waals surface area contributed by atoms with Gasteiger partial charge in [0.15, 0.2) is 0 Å². The van der Waals surface area contributed by atoms with Crippen LogP contribution in [0, 0.1) is 46.3 Å². The van der Waals surface area contributed by atoms with Crippen molar-refractivity contribution in [2.45, 2.75) is 104 Å². The van der Waals surface area contributed by atoms with Gasteiger partial charge in [0.2, 0.25) is 0 Å². The SMILES string of the molecule is CC1COC(C2O[C@H]3C[C@H]4[C@@H]5CC=C6CCCC[C@]6(C)[C@H]5CC[C@]4(C)[C@H]3[C@@H]2C)C1. The largest absolute Gasteiger partial charge is 0.375 e. The summed E-state index contributed by atoms with van der Waals surface area (Å²) in [6.07, 6.45) is 16.4. The van der Waals surface area contributed by atoms with Crippen LogP contribution in [0.25, 0.3) is 0 Å². The molecule has 2 saturated heterocycles. The van der Waals surface area contributed by atoms with Gasteiger partial charge in [-0.2, -0.15) is 0 Å². The summed E-state index contributed by atoms with van der Waals surface area (Å²) in [6.45, 7) is 11.1. The van der Waals surface area contributed by atoms with E-state index in [1.807, 2.05) is 5.57 Å². The van der Waals surface area contributed by atoms with Crippen LogP contribution >= 0.6 is 0 Å². The van der Waals surface area contributed by atoms with Gasteiger partial charge in [0, 0.05) is 6.61 Å². The Kier molecular flexibility index (Phi) is 4.39. The predicted octanol–water partition coefficient (Wildman–Crippen LogP) is 6.39. The van der Waals surface area contributed by atoms with Crippen molar-refractivity contribution in [2.75, 3.05) is 6.61 Å². The van der Waals surface area contributed by atoms with Crippen LogP contribution in [0.5, 0.6) is 0 Å². The highest BCUT2D eigenvalue weighted by atomic mass is 16.6. The average Bonchev–Trinajstić information content (AvgIpc) is 3.34. The van der Waals surface area contributed by atoms with Crippen LogP contribution in [0.2, 0.25) is 0 Å². The van der Waals surface area contributed by atoms with E-state index >= 15 is 0 Å². The summed E-state index contributed by atoms with van der Waals surface area (Å²) in [5.74, 6) is 4.83. The van der Waals surface area contributed by atoms with Gasteiger partial charge in [-0.05, 0) is 97.7 Å². The van der Waals surface area contributed by atoms with Crippen molar-refractivity contribution < 1.29 is 9.47 Å². The standard InChI is InChI=1S/C27H42O2/c1-16-13-23(28-15-16)25-17(2)24-22(29-25)14-21-19-9-8-18-7-5-6-11-26(18,3)20(19)10-12-27(21,24)4/h8,16-17,19-25H,5-7,9-15H2,1-4H3/t16?,17-,19+,20-,21-,22-,23?,24-,25?,26-,27-/m0/s1. The molecule has 2 heterocycles. The Morgan fingerprint density at radius 2 is 1.86 bits per heavy atom. The first-order valence-corrected chi connectivity index (χ1v) is 12.9. The van der Waals surface area contributed by atoms with Crippen LogP contribution in [0.15, 0.2) is 11.6 Å². The van der Waals surface area contributed by atoms with Crippen molar-refractivity contribution in [2.24, 2.45) is 46.3 Å². The van der Waals surface area contributed by atoms with Crippen molar-refractivity contribution >= 4 is 0 Å². The zero-order valence-corrected chi connectivity index (χ0v) is 19.2. The fourth-order valence-corrected chi connectivity index (χ4v) is 9.81. The minimum atomic E-state index is 0.346. The molecule has 0 spiro atoms. The third kappa shape index (κ3) is 2.60. The van der Waals surface area contributed by atoms with Crippen LogP contribution in [0.1, 0.15) is 85.5 Å². The van der Waals surface area contributed by atoms with E-state index in [0.29, 0.717) is 41.0 Å². The van der Waals surface area contributed by atoms with E-state index < -0.39 is 0 Å². The highest BCUT2D eigenvalue weighted by Crippen LogP contribution is 2.69. The fourth-order valence-electron chi connectivity index (χ4n) is 9.81. The minimum Gasteiger partial charge on any atom is -0.375 e. The number of hydrogen-bond donors (Lipinski definition) is 0. The molecule has 2 nitrogen and oxygen atoms in total. The molecule has 2 aliphatic heterocycles. The molecule has 11 atom stereocenters. The maximum Gasteiger partial charge on any atom is 0.0869 e. The molecule has 0 aromatic rings. The van der Waals surface area contributed by atoms with E-state index in [2.05, 4.69) is 33.8 Å². The normalized spacial score (nSPS) is 58.9. The van der Waals surface area contributed by atoms with Gasteiger partial charge in [-0.15, -0.1) is 0 Å². The first kappa shape index (κ1) is 19.4. The minimum absolute atomic E-state index is 0.346. The molecular formula is C27H42O2. The van der Waals surface area contributed by atoms with Crippen LogP contribution in [0.3, 0.4) is 0 Å². The van der Waals surface area contributed by atoms with E-state index in [4.69, 9.17) is 9.47 Å². The molecule has 5 fully saturated rings. The Balaban J connectivity index is 1.26. The summed E-state index contributed by atoms with van der Waals surface area (Å²) in [4.78, 5) is 0. The molecule has 0 bridgehead atoms. The first-order valence-electron chi connectivity index (χ1n) is 12.9. The van der Waals surface area contributed by atoms with Crippen molar-refractivity contribution in [1.82, 2.24) is 0 Å². The van der Waals surface area contributed by atoms with Crippen molar-refractivity contribution in [3.05, 3.63) is 11.6 Å². The Labute approximate surface area is 178 Å².